The zero-order valence-electron chi connectivity index (χ0n) is 18.5. The minimum absolute atomic E-state index is 0. The van der Waals surface area contributed by atoms with Crippen LogP contribution in [0.2, 0.25) is 0 Å². The molecule has 0 saturated carbocycles. The minimum atomic E-state index is -4.00. The molecule has 0 rings (SSSR count). The summed E-state index contributed by atoms with van der Waals surface area (Å²) in [6.07, 6.45) is 20.9. The van der Waals surface area contributed by atoms with Crippen molar-refractivity contribution in [3.05, 3.63) is 12.2 Å². The molecular formula is C21H41NNaO4S. The van der Waals surface area contributed by atoms with Crippen molar-refractivity contribution in [3.63, 3.8) is 0 Å². The molecule has 0 heterocycles. The van der Waals surface area contributed by atoms with Crippen molar-refractivity contribution in [2.75, 3.05) is 19.3 Å². The molecule has 0 aliphatic carbocycles. The van der Waals surface area contributed by atoms with E-state index in [1.54, 1.807) is 7.05 Å². The maximum absolute atomic E-state index is 11.8. The fourth-order valence-electron chi connectivity index (χ4n) is 2.91. The van der Waals surface area contributed by atoms with E-state index in [0.29, 0.717) is 6.42 Å². The molecule has 0 aromatic rings. The summed E-state index contributed by atoms with van der Waals surface area (Å²) in [6.45, 7) is 2.29. The second kappa shape index (κ2) is 20.4. The quantitative estimate of drug-likeness (QED) is 0.145. The molecule has 0 aromatic carbocycles. The van der Waals surface area contributed by atoms with Gasteiger partial charge in [0.05, 0.1) is 5.75 Å². The molecule has 161 valence electrons. The number of unbranched alkanes of at least 4 members (excludes halogenated alkanes) is 11. The van der Waals surface area contributed by atoms with Crippen molar-refractivity contribution >= 4 is 45.6 Å². The van der Waals surface area contributed by atoms with Gasteiger partial charge in [-0.15, -0.1) is 0 Å². The predicted molar refractivity (Wildman–Crippen MR) is 119 cm³/mol. The third-order valence-electron chi connectivity index (χ3n) is 4.76. The second-order valence-electron chi connectivity index (χ2n) is 7.44. The van der Waals surface area contributed by atoms with Crippen molar-refractivity contribution in [1.29, 1.82) is 0 Å². The molecule has 0 fully saturated rings. The largest absolute Gasteiger partial charge is 0.345 e. The van der Waals surface area contributed by atoms with Gasteiger partial charge in [-0.3, -0.25) is 9.35 Å². The number of rotatable bonds is 18. The van der Waals surface area contributed by atoms with Gasteiger partial charge in [0, 0.05) is 49.6 Å². The van der Waals surface area contributed by atoms with E-state index in [0.717, 1.165) is 25.7 Å². The summed E-state index contributed by atoms with van der Waals surface area (Å²) in [5.74, 6) is -0.460. The number of carbonyl (C=O) groups is 1. The first kappa shape index (κ1) is 30.3. The van der Waals surface area contributed by atoms with Crippen LogP contribution in [0.5, 0.6) is 0 Å². The monoisotopic (exact) mass is 426 g/mol. The Morgan fingerprint density at radius 3 is 1.82 bits per heavy atom. The normalized spacial score (nSPS) is 11.5. The average molecular weight is 427 g/mol. The third-order valence-corrected chi connectivity index (χ3v) is 5.46. The van der Waals surface area contributed by atoms with Gasteiger partial charge in [0.15, 0.2) is 0 Å². The Morgan fingerprint density at radius 1 is 0.857 bits per heavy atom. The molecule has 0 aliphatic heterocycles. The number of nitrogens with zero attached hydrogens (tertiary/aromatic N) is 1. The van der Waals surface area contributed by atoms with Crippen LogP contribution in [-0.4, -0.2) is 72.7 Å². The molecular weight excluding hydrogens is 385 g/mol. The number of hydrogen-bond donors (Lipinski definition) is 1. The molecule has 28 heavy (non-hydrogen) atoms. The van der Waals surface area contributed by atoms with Gasteiger partial charge in [0.2, 0.25) is 5.91 Å². The van der Waals surface area contributed by atoms with Crippen LogP contribution in [0.4, 0.5) is 0 Å². The van der Waals surface area contributed by atoms with Gasteiger partial charge in [-0.1, -0.05) is 70.4 Å². The van der Waals surface area contributed by atoms with Crippen molar-refractivity contribution in [2.24, 2.45) is 0 Å². The standard InChI is InChI=1S/C21H41NO4S.Na/c1-3-4-5-6-7-8-9-10-11-12-13-14-15-16-17-18-21(23)22(2)19-20-27(24,25)26;/h10-11H,3-9,12-20H2,1-2H3,(H,24,25,26);. The Kier molecular flexibility index (Phi) is 22.1. The Morgan fingerprint density at radius 2 is 1.32 bits per heavy atom. The number of hydrogen-bond acceptors (Lipinski definition) is 3. The van der Waals surface area contributed by atoms with Crippen LogP contribution in [0.15, 0.2) is 12.2 Å². The van der Waals surface area contributed by atoms with Gasteiger partial charge in [0.1, 0.15) is 0 Å². The number of carbonyl (C=O) groups excluding carboxylic acids is 1. The van der Waals surface area contributed by atoms with Gasteiger partial charge >= 0.3 is 0 Å². The summed E-state index contributed by atoms with van der Waals surface area (Å²) in [5.41, 5.74) is 0. The van der Waals surface area contributed by atoms with Crippen LogP contribution in [0.1, 0.15) is 96.8 Å². The summed E-state index contributed by atoms with van der Waals surface area (Å²) >= 11 is 0. The fraction of sp³-hybridized carbons (Fsp3) is 0.857. The van der Waals surface area contributed by atoms with E-state index >= 15 is 0 Å². The smallest absolute Gasteiger partial charge is 0.266 e. The van der Waals surface area contributed by atoms with Crippen LogP contribution in [0.25, 0.3) is 0 Å². The van der Waals surface area contributed by atoms with Crippen LogP contribution < -0.4 is 0 Å². The SMILES string of the molecule is CCCCCCCCC=CCCCCCCCC(=O)N(C)CCS(=O)(=O)O.[Na]. The maximum Gasteiger partial charge on any atom is 0.266 e. The van der Waals surface area contributed by atoms with Crippen LogP contribution in [-0.2, 0) is 14.9 Å². The van der Waals surface area contributed by atoms with Crippen molar-refractivity contribution in [2.45, 2.75) is 96.8 Å². The number of amides is 1. The second-order valence-corrected chi connectivity index (χ2v) is 9.01. The predicted octanol–water partition coefficient (Wildman–Crippen LogP) is 4.99. The van der Waals surface area contributed by atoms with Crippen LogP contribution in [0, 0.1) is 0 Å². The zero-order valence-corrected chi connectivity index (χ0v) is 21.3. The van der Waals surface area contributed by atoms with E-state index < -0.39 is 15.9 Å². The molecule has 7 heteroatoms. The zero-order chi connectivity index (χ0) is 20.4. The topological polar surface area (TPSA) is 74.7 Å². The van der Waals surface area contributed by atoms with E-state index in [-0.39, 0.29) is 42.0 Å². The van der Waals surface area contributed by atoms with Crippen molar-refractivity contribution in [1.82, 2.24) is 4.90 Å². The molecule has 0 unspecified atom stereocenters. The molecule has 1 amide bonds. The summed E-state index contributed by atoms with van der Waals surface area (Å²) in [7, 11) is -2.43. The Hall–Kier alpha value is 0.120. The summed E-state index contributed by atoms with van der Waals surface area (Å²) < 4.78 is 30.1. The first-order valence-corrected chi connectivity index (χ1v) is 12.3. The van der Waals surface area contributed by atoms with Gasteiger partial charge in [-0.25, -0.2) is 0 Å². The van der Waals surface area contributed by atoms with E-state index in [9.17, 15) is 13.2 Å². The molecule has 0 aromatic heterocycles. The summed E-state index contributed by atoms with van der Waals surface area (Å²) in [5, 5.41) is 0. The van der Waals surface area contributed by atoms with Crippen LogP contribution >= 0.6 is 0 Å². The van der Waals surface area contributed by atoms with E-state index in [1.165, 1.54) is 62.7 Å². The van der Waals surface area contributed by atoms with Crippen molar-refractivity contribution in [3.8, 4) is 0 Å². The molecule has 0 spiro atoms. The molecule has 0 saturated heterocycles. The molecule has 5 nitrogen and oxygen atoms in total. The first-order chi connectivity index (χ1) is 12.9. The first-order valence-electron chi connectivity index (χ1n) is 10.7. The van der Waals surface area contributed by atoms with Gasteiger partial charge in [-0.05, 0) is 32.1 Å². The Labute approximate surface area is 195 Å². The fourth-order valence-corrected chi connectivity index (χ4v) is 3.42. The van der Waals surface area contributed by atoms with Crippen LogP contribution in [0.3, 0.4) is 0 Å². The molecule has 1 radical (unpaired) electrons. The molecule has 0 bridgehead atoms. The van der Waals surface area contributed by atoms with Gasteiger partial charge < -0.3 is 4.90 Å². The molecule has 1 N–H and O–H groups in total. The van der Waals surface area contributed by atoms with Gasteiger partial charge in [0.25, 0.3) is 10.1 Å². The summed E-state index contributed by atoms with van der Waals surface area (Å²) in [6, 6.07) is 0. The van der Waals surface area contributed by atoms with E-state index in [4.69, 9.17) is 4.55 Å². The molecule has 0 aliphatic rings. The maximum atomic E-state index is 11.8. The summed E-state index contributed by atoms with van der Waals surface area (Å²) in [4.78, 5) is 13.2. The molecule has 0 atom stereocenters. The average Bonchev–Trinajstić information content (AvgIpc) is 2.62. The van der Waals surface area contributed by atoms with E-state index in [1.807, 2.05) is 0 Å². The van der Waals surface area contributed by atoms with Gasteiger partial charge in [-0.2, -0.15) is 8.42 Å². The number of allylic oxidation sites excluding steroid dienone is 2. The van der Waals surface area contributed by atoms with E-state index in [2.05, 4.69) is 19.1 Å². The Balaban J connectivity index is 0. The third kappa shape index (κ3) is 22.4. The minimum Gasteiger partial charge on any atom is -0.345 e. The van der Waals surface area contributed by atoms with Crippen molar-refractivity contribution < 1.29 is 17.8 Å². The Bertz CT molecular complexity index is 495.